The standard InChI is InChI=1S/C12H12ClNOS/c1-8-3-2-4-10(14-8)11(15)7-9-5-6-12(13)16-9/h2-6,11,15H,7H2,1H3. The Labute approximate surface area is 104 Å². The Morgan fingerprint density at radius 2 is 2.19 bits per heavy atom. The summed E-state index contributed by atoms with van der Waals surface area (Å²) in [6.45, 7) is 1.91. The maximum absolute atomic E-state index is 10.0. The molecule has 16 heavy (non-hydrogen) atoms. The van der Waals surface area contributed by atoms with Crippen molar-refractivity contribution in [1.29, 1.82) is 0 Å². The van der Waals surface area contributed by atoms with Crippen LogP contribution in [0.2, 0.25) is 4.34 Å². The molecule has 84 valence electrons. The Hall–Kier alpha value is -0.900. The lowest BCUT2D eigenvalue weighted by Crippen LogP contribution is -2.03. The SMILES string of the molecule is Cc1cccc(C(O)Cc2ccc(Cl)s2)n1. The third-order valence-corrected chi connectivity index (χ3v) is 3.53. The molecule has 2 heterocycles. The van der Waals surface area contributed by atoms with Crippen molar-refractivity contribution in [3.63, 3.8) is 0 Å². The smallest absolute Gasteiger partial charge is 0.101 e. The molecule has 0 saturated heterocycles. The van der Waals surface area contributed by atoms with Crippen molar-refractivity contribution < 1.29 is 5.11 Å². The normalized spacial score (nSPS) is 12.7. The molecule has 0 aliphatic carbocycles. The third-order valence-electron chi connectivity index (χ3n) is 2.27. The highest BCUT2D eigenvalue weighted by Crippen LogP contribution is 2.25. The van der Waals surface area contributed by atoms with Crippen molar-refractivity contribution in [2.24, 2.45) is 0 Å². The van der Waals surface area contributed by atoms with Gasteiger partial charge >= 0.3 is 0 Å². The van der Waals surface area contributed by atoms with Gasteiger partial charge in [-0.25, -0.2) is 0 Å². The summed E-state index contributed by atoms with van der Waals surface area (Å²) in [7, 11) is 0. The summed E-state index contributed by atoms with van der Waals surface area (Å²) in [6.07, 6.45) is 0.00279. The zero-order valence-electron chi connectivity index (χ0n) is 8.85. The fraction of sp³-hybridized carbons (Fsp3) is 0.250. The van der Waals surface area contributed by atoms with Gasteiger partial charge in [-0.3, -0.25) is 4.98 Å². The Morgan fingerprint density at radius 3 is 2.81 bits per heavy atom. The van der Waals surface area contributed by atoms with Crippen molar-refractivity contribution >= 4 is 22.9 Å². The molecule has 1 unspecified atom stereocenters. The summed E-state index contributed by atoms with van der Waals surface area (Å²) in [5.74, 6) is 0. The molecule has 2 aromatic heterocycles. The molecule has 0 amide bonds. The van der Waals surface area contributed by atoms with E-state index in [-0.39, 0.29) is 0 Å². The van der Waals surface area contributed by atoms with Crippen LogP contribution in [0.1, 0.15) is 22.4 Å². The van der Waals surface area contributed by atoms with Gasteiger partial charge in [0.2, 0.25) is 0 Å². The second-order valence-electron chi connectivity index (χ2n) is 3.63. The zero-order chi connectivity index (χ0) is 11.5. The van der Waals surface area contributed by atoms with Crippen molar-refractivity contribution in [1.82, 2.24) is 4.98 Å². The highest BCUT2D eigenvalue weighted by atomic mass is 35.5. The molecule has 2 nitrogen and oxygen atoms in total. The predicted molar refractivity (Wildman–Crippen MR) is 67.0 cm³/mol. The van der Waals surface area contributed by atoms with Gasteiger partial charge in [0.25, 0.3) is 0 Å². The van der Waals surface area contributed by atoms with E-state index in [1.165, 1.54) is 11.3 Å². The summed E-state index contributed by atoms with van der Waals surface area (Å²) in [6, 6.07) is 9.44. The van der Waals surface area contributed by atoms with Gasteiger partial charge in [0.1, 0.15) is 6.10 Å². The monoisotopic (exact) mass is 253 g/mol. The first-order valence-electron chi connectivity index (χ1n) is 5.01. The first-order valence-corrected chi connectivity index (χ1v) is 6.20. The number of halogens is 1. The average Bonchev–Trinajstić information content (AvgIpc) is 2.64. The van der Waals surface area contributed by atoms with Crippen molar-refractivity contribution in [3.8, 4) is 0 Å². The van der Waals surface area contributed by atoms with Crippen LogP contribution >= 0.6 is 22.9 Å². The number of rotatable bonds is 3. The molecule has 0 radical (unpaired) electrons. The third kappa shape index (κ3) is 2.82. The predicted octanol–water partition coefficient (Wildman–Crippen LogP) is 3.38. The van der Waals surface area contributed by atoms with Gasteiger partial charge in [-0.1, -0.05) is 17.7 Å². The fourth-order valence-corrected chi connectivity index (χ4v) is 2.63. The molecule has 0 aromatic carbocycles. The zero-order valence-corrected chi connectivity index (χ0v) is 10.4. The van der Waals surface area contributed by atoms with Crippen LogP contribution in [-0.4, -0.2) is 10.1 Å². The van der Waals surface area contributed by atoms with Gasteiger partial charge in [-0.15, -0.1) is 11.3 Å². The van der Waals surface area contributed by atoms with Gasteiger partial charge in [-0.2, -0.15) is 0 Å². The van der Waals surface area contributed by atoms with E-state index in [0.717, 1.165) is 14.9 Å². The number of hydrogen-bond donors (Lipinski definition) is 1. The van der Waals surface area contributed by atoms with Crippen LogP contribution in [0.3, 0.4) is 0 Å². The molecule has 0 bridgehead atoms. The largest absolute Gasteiger partial charge is 0.386 e. The van der Waals surface area contributed by atoms with E-state index in [4.69, 9.17) is 11.6 Å². The van der Waals surface area contributed by atoms with Gasteiger partial charge in [-0.05, 0) is 31.2 Å². The molecule has 0 saturated carbocycles. The minimum absolute atomic E-state index is 0.561. The van der Waals surface area contributed by atoms with Gasteiger partial charge in [0.15, 0.2) is 0 Å². The quantitative estimate of drug-likeness (QED) is 0.910. The average molecular weight is 254 g/mol. The van der Waals surface area contributed by atoms with Gasteiger partial charge in [0, 0.05) is 17.0 Å². The summed E-state index contributed by atoms with van der Waals surface area (Å²) in [4.78, 5) is 5.37. The van der Waals surface area contributed by atoms with E-state index in [1.807, 2.05) is 37.3 Å². The van der Waals surface area contributed by atoms with Crippen LogP contribution in [0.25, 0.3) is 0 Å². The van der Waals surface area contributed by atoms with Gasteiger partial charge < -0.3 is 5.11 Å². The van der Waals surface area contributed by atoms with E-state index in [9.17, 15) is 5.11 Å². The molecule has 0 aliphatic heterocycles. The summed E-state index contributed by atoms with van der Waals surface area (Å²) in [5.41, 5.74) is 1.63. The van der Waals surface area contributed by atoms with Crippen LogP contribution < -0.4 is 0 Å². The topological polar surface area (TPSA) is 33.1 Å². The lowest BCUT2D eigenvalue weighted by molar-refractivity contribution is 0.174. The number of nitrogens with zero attached hydrogens (tertiary/aromatic N) is 1. The molecular formula is C12H12ClNOS. The number of aliphatic hydroxyl groups excluding tert-OH is 1. The van der Waals surface area contributed by atoms with E-state index in [2.05, 4.69) is 4.98 Å². The Morgan fingerprint density at radius 1 is 1.38 bits per heavy atom. The summed E-state index contributed by atoms with van der Waals surface area (Å²) < 4.78 is 0.749. The van der Waals surface area contributed by atoms with Crippen LogP contribution in [0, 0.1) is 6.92 Å². The van der Waals surface area contributed by atoms with Gasteiger partial charge in [0.05, 0.1) is 10.0 Å². The highest BCUT2D eigenvalue weighted by Gasteiger charge is 2.11. The van der Waals surface area contributed by atoms with Crippen molar-refractivity contribution in [3.05, 3.63) is 50.9 Å². The summed E-state index contributed by atoms with van der Waals surface area (Å²) >= 11 is 7.33. The molecule has 2 rings (SSSR count). The molecule has 0 fully saturated rings. The highest BCUT2D eigenvalue weighted by molar-refractivity contribution is 7.16. The van der Waals surface area contributed by atoms with Crippen LogP contribution in [0.5, 0.6) is 0 Å². The molecule has 1 N–H and O–H groups in total. The number of aromatic nitrogens is 1. The first kappa shape index (κ1) is 11.6. The number of thiophene rings is 1. The lowest BCUT2D eigenvalue weighted by Gasteiger charge is -2.09. The second kappa shape index (κ2) is 4.95. The van der Waals surface area contributed by atoms with Crippen molar-refractivity contribution in [2.75, 3.05) is 0 Å². The first-order chi connectivity index (χ1) is 7.65. The van der Waals surface area contributed by atoms with E-state index in [1.54, 1.807) is 0 Å². The number of aryl methyl sites for hydroxylation is 1. The Balaban J connectivity index is 2.11. The van der Waals surface area contributed by atoms with Crippen LogP contribution in [-0.2, 0) is 6.42 Å². The second-order valence-corrected chi connectivity index (χ2v) is 5.43. The number of aliphatic hydroxyl groups is 1. The fourth-order valence-electron chi connectivity index (χ4n) is 1.51. The molecule has 0 spiro atoms. The molecular weight excluding hydrogens is 242 g/mol. The maximum Gasteiger partial charge on any atom is 0.101 e. The molecule has 4 heteroatoms. The Kier molecular flexibility index (Phi) is 3.59. The van der Waals surface area contributed by atoms with Crippen LogP contribution in [0.4, 0.5) is 0 Å². The minimum Gasteiger partial charge on any atom is -0.386 e. The van der Waals surface area contributed by atoms with Crippen LogP contribution in [0.15, 0.2) is 30.3 Å². The van der Waals surface area contributed by atoms with E-state index in [0.29, 0.717) is 12.1 Å². The minimum atomic E-state index is -0.561. The maximum atomic E-state index is 10.0. The number of hydrogen-bond acceptors (Lipinski definition) is 3. The van der Waals surface area contributed by atoms with Crippen molar-refractivity contribution in [2.45, 2.75) is 19.4 Å². The lowest BCUT2D eigenvalue weighted by atomic mass is 10.1. The molecule has 2 aromatic rings. The van der Waals surface area contributed by atoms with E-state index >= 15 is 0 Å². The number of pyridine rings is 1. The molecule has 1 atom stereocenters. The Bertz CT molecular complexity index is 483. The summed E-state index contributed by atoms with van der Waals surface area (Å²) in [5, 5.41) is 10.0. The van der Waals surface area contributed by atoms with E-state index < -0.39 is 6.10 Å². The molecule has 0 aliphatic rings.